The third-order valence-electron chi connectivity index (χ3n) is 3.96. The van der Waals surface area contributed by atoms with Crippen LogP contribution in [0.3, 0.4) is 0 Å². The van der Waals surface area contributed by atoms with Gasteiger partial charge < -0.3 is 15.2 Å². The molecule has 1 aromatic carbocycles. The molecule has 0 aliphatic carbocycles. The monoisotopic (exact) mass is 292 g/mol. The molecule has 0 saturated carbocycles. The van der Waals surface area contributed by atoms with Crippen LogP contribution < -0.4 is 10.1 Å². The lowest BCUT2D eigenvalue weighted by atomic mass is 10.1. The number of nitrogens with one attached hydrogen (secondary N) is 1. The number of benzene rings is 1. The van der Waals surface area contributed by atoms with Crippen molar-refractivity contribution in [2.24, 2.45) is 5.92 Å². The third kappa shape index (κ3) is 4.61. The molecule has 1 heterocycles. The van der Waals surface area contributed by atoms with Crippen LogP contribution in [0.5, 0.6) is 11.5 Å². The predicted molar refractivity (Wildman–Crippen MR) is 85.8 cm³/mol. The summed E-state index contributed by atoms with van der Waals surface area (Å²) in [7, 11) is 1.59. The fraction of sp³-hybridized carbons (Fsp3) is 0.647. The lowest BCUT2D eigenvalue weighted by Gasteiger charge is -2.27. The first-order chi connectivity index (χ1) is 10.1. The Labute approximate surface area is 128 Å². The molecule has 0 spiro atoms. The molecule has 21 heavy (non-hydrogen) atoms. The van der Waals surface area contributed by atoms with Crippen LogP contribution in [0.4, 0.5) is 0 Å². The van der Waals surface area contributed by atoms with Gasteiger partial charge in [0.2, 0.25) is 0 Å². The highest BCUT2D eigenvalue weighted by Gasteiger charge is 2.20. The first-order valence-electron chi connectivity index (χ1n) is 7.90. The fourth-order valence-electron chi connectivity index (χ4n) is 3.05. The van der Waals surface area contributed by atoms with E-state index in [1.54, 1.807) is 13.2 Å². The number of ether oxygens (including phenoxy) is 1. The van der Waals surface area contributed by atoms with Crippen LogP contribution in [0.1, 0.15) is 32.3 Å². The maximum atomic E-state index is 10.3. The molecule has 2 N–H and O–H groups in total. The van der Waals surface area contributed by atoms with Gasteiger partial charge in [-0.1, -0.05) is 26.0 Å². The van der Waals surface area contributed by atoms with Gasteiger partial charge in [-0.2, -0.15) is 0 Å². The van der Waals surface area contributed by atoms with Gasteiger partial charge in [-0.05, 0) is 31.4 Å². The Balaban J connectivity index is 2.06. The number of hydrogen-bond donors (Lipinski definition) is 2. The van der Waals surface area contributed by atoms with Gasteiger partial charge >= 0.3 is 0 Å². The Morgan fingerprint density at radius 2 is 2.24 bits per heavy atom. The molecule has 0 amide bonds. The Hall–Kier alpha value is -1.26. The van der Waals surface area contributed by atoms with Gasteiger partial charge in [-0.3, -0.25) is 4.90 Å². The molecule has 0 radical (unpaired) electrons. The molecule has 4 heteroatoms. The zero-order chi connectivity index (χ0) is 15.2. The van der Waals surface area contributed by atoms with Gasteiger partial charge in [-0.25, -0.2) is 0 Å². The molecule has 4 nitrogen and oxygen atoms in total. The Kier molecular flexibility index (Phi) is 5.88. The summed E-state index contributed by atoms with van der Waals surface area (Å²) in [5.74, 6) is 1.43. The second kappa shape index (κ2) is 7.66. The number of methoxy groups -OCH3 is 1. The molecular formula is C17H28N2O2. The lowest BCUT2D eigenvalue weighted by molar-refractivity contribution is 0.213. The molecule has 1 aliphatic heterocycles. The molecule has 1 fully saturated rings. The molecule has 0 aromatic heterocycles. The summed E-state index contributed by atoms with van der Waals surface area (Å²) >= 11 is 0. The zero-order valence-corrected chi connectivity index (χ0v) is 13.4. The summed E-state index contributed by atoms with van der Waals surface area (Å²) in [5.41, 5.74) is 0.938. The van der Waals surface area contributed by atoms with E-state index in [-0.39, 0.29) is 5.75 Å². The average Bonchev–Trinajstić information content (AvgIpc) is 2.93. The number of para-hydroxylation sites is 1. The average molecular weight is 292 g/mol. The van der Waals surface area contributed by atoms with Crippen molar-refractivity contribution in [2.45, 2.75) is 39.3 Å². The number of aromatic hydroxyl groups is 1. The molecule has 2 rings (SSSR count). The highest BCUT2D eigenvalue weighted by molar-refractivity contribution is 5.45. The van der Waals surface area contributed by atoms with E-state index in [2.05, 4.69) is 24.1 Å². The van der Waals surface area contributed by atoms with Gasteiger partial charge in [0.25, 0.3) is 0 Å². The zero-order valence-electron chi connectivity index (χ0n) is 13.4. The molecule has 1 saturated heterocycles. The molecular weight excluding hydrogens is 264 g/mol. The minimum Gasteiger partial charge on any atom is -0.504 e. The van der Waals surface area contributed by atoms with Crippen molar-refractivity contribution in [1.29, 1.82) is 0 Å². The molecule has 1 unspecified atom stereocenters. The van der Waals surface area contributed by atoms with Crippen molar-refractivity contribution in [1.82, 2.24) is 10.2 Å². The smallest absolute Gasteiger partial charge is 0.162 e. The van der Waals surface area contributed by atoms with Crippen LogP contribution >= 0.6 is 0 Å². The third-order valence-corrected chi connectivity index (χ3v) is 3.96. The topological polar surface area (TPSA) is 44.7 Å². The molecule has 1 atom stereocenters. The van der Waals surface area contributed by atoms with Crippen molar-refractivity contribution in [3.05, 3.63) is 23.8 Å². The lowest BCUT2D eigenvalue weighted by Crippen LogP contribution is -2.39. The quantitative estimate of drug-likeness (QED) is 0.811. The van der Waals surface area contributed by atoms with Gasteiger partial charge in [-0.15, -0.1) is 0 Å². The highest BCUT2D eigenvalue weighted by atomic mass is 16.5. The second-order valence-electron chi connectivity index (χ2n) is 6.35. The summed E-state index contributed by atoms with van der Waals surface area (Å²) in [6.07, 6.45) is 2.52. The van der Waals surface area contributed by atoms with E-state index in [0.29, 0.717) is 17.7 Å². The molecule has 118 valence electrons. The van der Waals surface area contributed by atoms with Crippen molar-refractivity contribution in [3.8, 4) is 11.5 Å². The molecule has 0 bridgehead atoms. The second-order valence-corrected chi connectivity index (χ2v) is 6.35. The minimum absolute atomic E-state index is 0.271. The number of phenolic OH excluding ortho intramolecular Hbond substituents is 1. The summed E-state index contributed by atoms with van der Waals surface area (Å²) in [5, 5.41) is 13.8. The normalized spacial score (nSPS) is 18.6. The summed E-state index contributed by atoms with van der Waals surface area (Å²) in [6.45, 7) is 8.44. The predicted octanol–water partition coefficient (Wildman–Crippen LogP) is 2.61. The van der Waals surface area contributed by atoms with E-state index in [1.807, 2.05) is 12.1 Å². The van der Waals surface area contributed by atoms with Crippen molar-refractivity contribution in [2.75, 3.05) is 26.7 Å². The molecule has 1 aliphatic rings. The standard InChI is InChI=1S/C17H28N2O2/c1-13(2)10-19(12-15-7-5-9-18-15)11-14-6-4-8-16(21-3)17(14)20/h4,6,8,13,15,18,20H,5,7,9-12H2,1-3H3. The number of hydrogen-bond acceptors (Lipinski definition) is 4. The van der Waals surface area contributed by atoms with Crippen LogP contribution in [0.25, 0.3) is 0 Å². The van der Waals surface area contributed by atoms with E-state index in [9.17, 15) is 5.11 Å². The van der Waals surface area contributed by atoms with E-state index in [1.165, 1.54) is 12.8 Å². The Morgan fingerprint density at radius 1 is 1.43 bits per heavy atom. The van der Waals surface area contributed by atoms with Crippen LogP contribution in [-0.4, -0.2) is 42.8 Å². The van der Waals surface area contributed by atoms with E-state index in [4.69, 9.17) is 4.74 Å². The minimum atomic E-state index is 0.271. The Morgan fingerprint density at radius 3 is 2.86 bits per heavy atom. The van der Waals surface area contributed by atoms with Gasteiger partial charge in [0, 0.05) is 31.2 Å². The number of phenols is 1. The van der Waals surface area contributed by atoms with Crippen LogP contribution in [-0.2, 0) is 6.54 Å². The van der Waals surface area contributed by atoms with Crippen molar-refractivity contribution >= 4 is 0 Å². The van der Waals surface area contributed by atoms with Crippen LogP contribution in [0.2, 0.25) is 0 Å². The van der Waals surface area contributed by atoms with Crippen LogP contribution in [0.15, 0.2) is 18.2 Å². The number of nitrogens with zero attached hydrogens (tertiary/aromatic N) is 1. The van der Waals surface area contributed by atoms with E-state index < -0.39 is 0 Å². The summed E-state index contributed by atoms with van der Waals surface area (Å²) < 4.78 is 5.20. The maximum Gasteiger partial charge on any atom is 0.162 e. The fourth-order valence-corrected chi connectivity index (χ4v) is 3.05. The summed E-state index contributed by atoms with van der Waals surface area (Å²) in [6, 6.07) is 6.30. The number of rotatable bonds is 7. The van der Waals surface area contributed by atoms with E-state index >= 15 is 0 Å². The van der Waals surface area contributed by atoms with Gasteiger partial charge in [0.15, 0.2) is 11.5 Å². The van der Waals surface area contributed by atoms with Crippen LogP contribution in [0, 0.1) is 5.92 Å². The Bertz CT molecular complexity index is 442. The van der Waals surface area contributed by atoms with E-state index in [0.717, 1.165) is 31.7 Å². The first kappa shape index (κ1) is 16.1. The van der Waals surface area contributed by atoms with Gasteiger partial charge in [0.1, 0.15) is 0 Å². The van der Waals surface area contributed by atoms with Gasteiger partial charge in [0.05, 0.1) is 7.11 Å². The van der Waals surface area contributed by atoms with Crippen molar-refractivity contribution in [3.63, 3.8) is 0 Å². The maximum absolute atomic E-state index is 10.3. The SMILES string of the molecule is COc1cccc(CN(CC(C)C)CC2CCCN2)c1O. The van der Waals surface area contributed by atoms with Crippen molar-refractivity contribution < 1.29 is 9.84 Å². The summed E-state index contributed by atoms with van der Waals surface area (Å²) in [4.78, 5) is 2.43. The first-order valence-corrected chi connectivity index (χ1v) is 7.90. The molecule has 1 aromatic rings. The highest BCUT2D eigenvalue weighted by Crippen LogP contribution is 2.30. The largest absolute Gasteiger partial charge is 0.504 e.